The third-order valence-corrected chi connectivity index (χ3v) is 5.42. The van der Waals surface area contributed by atoms with Crippen LogP contribution in [0.25, 0.3) is 21.5 Å². The molecule has 3 aromatic rings. The summed E-state index contributed by atoms with van der Waals surface area (Å²) in [6.45, 7) is 1.79. The van der Waals surface area contributed by atoms with Crippen LogP contribution >= 0.6 is 0 Å². The average Bonchev–Trinajstić information content (AvgIpc) is 2.66. The first kappa shape index (κ1) is 16.3. The molecular formula is C21H23NO3. The molecule has 2 N–H and O–H groups in total. The van der Waals surface area contributed by atoms with Crippen LogP contribution in [0.15, 0.2) is 30.3 Å². The van der Waals surface area contributed by atoms with E-state index >= 15 is 0 Å². The summed E-state index contributed by atoms with van der Waals surface area (Å²) < 4.78 is 5.45. The maximum atomic E-state index is 10.0. The number of hydrogen-bond donors (Lipinski definition) is 2. The molecule has 25 heavy (non-hydrogen) atoms. The number of rotatable bonds is 3. The number of aliphatic hydroxyl groups is 2. The van der Waals surface area contributed by atoms with Crippen molar-refractivity contribution in [2.45, 2.75) is 26.2 Å². The fraction of sp³-hybridized carbons (Fsp3) is 0.333. The highest BCUT2D eigenvalue weighted by atomic mass is 16.5. The van der Waals surface area contributed by atoms with Crippen LogP contribution in [0, 0.1) is 0 Å². The van der Waals surface area contributed by atoms with E-state index in [4.69, 9.17) is 4.74 Å². The summed E-state index contributed by atoms with van der Waals surface area (Å²) in [7, 11) is 3.83. The van der Waals surface area contributed by atoms with E-state index in [1.165, 1.54) is 21.9 Å². The summed E-state index contributed by atoms with van der Waals surface area (Å²) in [4.78, 5) is 2.34. The Morgan fingerprint density at radius 3 is 2.52 bits per heavy atom. The fourth-order valence-electron chi connectivity index (χ4n) is 4.14. The maximum absolute atomic E-state index is 10.0. The first-order chi connectivity index (χ1) is 12.2. The Balaban J connectivity index is 2.20. The van der Waals surface area contributed by atoms with Gasteiger partial charge in [-0.25, -0.2) is 0 Å². The summed E-state index contributed by atoms with van der Waals surface area (Å²) >= 11 is 0. The first-order valence-corrected chi connectivity index (χ1v) is 8.64. The molecule has 130 valence electrons. The minimum absolute atomic E-state index is 0.0662. The van der Waals surface area contributed by atoms with Crippen molar-refractivity contribution in [2.24, 2.45) is 0 Å². The van der Waals surface area contributed by atoms with Gasteiger partial charge in [-0.1, -0.05) is 18.2 Å². The molecule has 4 rings (SSSR count). The van der Waals surface area contributed by atoms with Crippen molar-refractivity contribution >= 4 is 21.5 Å². The van der Waals surface area contributed by atoms with Gasteiger partial charge < -0.3 is 19.8 Å². The second-order valence-electron chi connectivity index (χ2n) is 6.80. The molecule has 0 aromatic heterocycles. The Morgan fingerprint density at radius 2 is 1.80 bits per heavy atom. The molecule has 1 aliphatic heterocycles. The monoisotopic (exact) mass is 337 g/mol. The molecule has 0 bridgehead atoms. The number of hydrogen-bond acceptors (Lipinski definition) is 4. The molecule has 1 heterocycles. The SMILES string of the molecule is COc1ccc2c(c1)c1c(c3ccc(CO)c(CO)c32)CCN(C)C1. The second-order valence-corrected chi connectivity index (χ2v) is 6.80. The summed E-state index contributed by atoms with van der Waals surface area (Å²) in [6, 6.07) is 10.2. The summed E-state index contributed by atoms with van der Waals surface area (Å²) in [6.07, 6.45) is 0.985. The number of ether oxygens (including phenoxy) is 1. The molecule has 0 amide bonds. The van der Waals surface area contributed by atoms with Gasteiger partial charge >= 0.3 is 0 Å². The zero-order valence-electron chi connectivity index (χ0n) is 14.7. The minimum Gasteiger partial charge on any atom is -0.497 e. The Hall–Kier alpha value is -2.14. The smallest absolute Gasteiger partial charge is 0.119 e. The van der Waals surface area contributed by atoms with E-state index in [1.54, 1.807) is 7.11 Å². The lowest BCUT2D eigenvalue weighted by molar-refractivity contribution is 0.261. The predicted octanol–water partition coefficient (Wildman–Crippen LogP) is 2.97. The zero-order valence-corrected chi connectivity index (χ0v) is 14.7. The number of aliphatic hydroxyl groups excluding tert-OH is 2. The van der Waals surface area contributed by atoms with E-state index in [0.717, 1.165) is 47.2 Å². The fourth-order valence-corrected chi connectivity index (χ4v) is 4.14. The van der Waals surface area contributed by atoms with E-state index in [1.807, 2.05) is 12.1 Å². The van der Waals surface area contributed by atoms with E-state index in [2.05, 4.69) is 30.1 Å². The van der Waals surface area contributed by atoms with Gasteiger partial charge in [0, 0.05) is 13.1 Å². The number of methoxy groups -OCH3 is 1. The van der Waals surface area contributed by atoms with Crippen LogP contribution in [0.2, 0.25) is 0 Å². The number of nitrogens with zero attached hydrogens (tertiary/aromatic N) is 1. The van der Waals surface area contributed by atoms with Crippen molar-refractivity contribution in [1.29, 1.82) is 0 Å². The Morgan fingerprint density at radius 1 is 1.00 bits per heavy atom. The minimum atomic E-state index is -0.0763. The lowest BCUT2D eigenvalue weighted by atomic mass is 9.85. The molecule has 0 saturated heterocycles. The van der Waals surface area contributed by atoms with Gasteiger partial charge in [0.1, 0.15) is 5.75 Å². The van der Waals surface area contributed by atoms with Crippen LogP contribution in [0.5, 0.6) is 5.75 Å². The number of likely N-dealkylation sites (N-methyl/N-ethyl adjacent to an activating group) is 1. The Labute approximate surface area is 147 Å². The van der Waals surface area contributed by atoms with Gasteiger partial charge in [-0.05, 0) is 69.4 Å². The van der Waals surface area contributed by atoms with Crippen molar-refractivity contribution in [2.75, 3.05) is 20.7 Å². The summed E-state index contributed by atoms with van der Waals surface area (Å²) in [5.74, 6) is 0.839. The Kier molecular flexibility index (Phi) is 4.12. The molecular weight excluding hydrogens is 314 g/mol. The molecule has 4 heteroatoms. The Bertz CT molecular complexity index is 965. The van der Waals surface area contributed by atoms with Gasteiger partial charge in [-0.2, -0.15) is 0 Å². The van der Waals surface area contributed by atoms with Crippen molar-refractivity contribution in [3.05, 3.63) is 52.6 Å². The molecule has 0 spiro atoms. The highest BCUT2D eigenvalue weighted by molar-refractivity contribution is 6.13. The van der Waals surface area contributed by atoms with Crippen LogP contribution < -0.4 is 4.74 Å². The van der Waals surface area contributed by atoms with Crippen molar-refractivity contribution in [3.8, 4) is 5.75 Å². The quantitative estimate of drug-likeness (QED) is 0.722. The van der Waals surface area contributed by atoms with Crippen molar-refractivity contribution in [3.63, 3.8) is 0 Å². The van der Waals surface area contributed by atoms with Gasteiger partial charge in [0.25, 0.3) is 0 Å². The third-order valence-electron chi connectivity index (χ3n) is 5.42. The predicted molar refractivity (Wildman–Crippen MR) is 99.9 cm³/mol. The molecule has 1 aliphatic rings. The topological polar surface area (TPSA) is 52.9 Å². The van der Waals surface area contributed by atoms with E-state index in [0.29, 0.717) is 0 Å². The van der Waals surface area contributed by atoms with Gasteiger partial charge in [-0.15, -0.1) is 0 Å². The van der Waals surface area contributed by atoms with Crippen LogP contribution in [-0.4, -0.2) is 35.8 Å². The van der Waals surface area contributed by atoms with Gasteiger partial charge in [-0.3, -0.25) is 0 Å². The summed E-state index contributed by atoms with van der Waals surface area (Å²) in [5.41, 5.74) is 4.32. The van der Waals surface area contributed by atoms with E-state index < -0.39 is 0 Å². The first-order valence-electron chi connectivity index (χ1n) is 8.64. The van der Waals surface area contributed by atoms with Crippen molar-refractivity contribution in [1.82, 2.24) is 4.90 Å². The molecule has 0 fully saturated rings. The van der Waals surface area contributed by atoms with Crippen molar-refractivity contribution < 1.29 is 14.9 Å². The second kappa shape index (κ2) is 6.30. The molecule has 0 aliphatic carbocycles. The highest BCUT2D eigenvalue weighted by Crippen LogP contribution is 2.39. The van der Waals surface area contributed by atoms with Gasteiger partial charge in [0.2, 0.25) is 0 Å². The molecule has 3 aromatic carbocycles. The zero-order chi connectivity index (χ0) is 17.6. The highest BCUT2D eigenvalue weighted by Gasteiger charge is 2.22. The molecule has 0 unspecified atom stereocenters. The van der Waals surface area contributed by atoms with Crippen LogP contribution in [0.1, 0.15) is 22.3 Å². The lowest BCUT2D eigenvalue weighted by Gasteiger charge is -2.29. The molecule has 0 saturated carbocycles. The van der Waals surface area contributed by atoms with Crippen LogP contribution in [0.4, 0.5) is 0 Å². The maximum Gasteiger partial charge on any atom is 0.119 e. The summed E-state index contributed by atoms with van der Waals surface area (Å²) in [5, 5.41) is 24.3. The van der Waals surface area contributed by atoms with Crippen LogP contribution in [-0.2, 0) is 26.2 Å². The lowest BCUT2D eigenvalue weighted by Crippen LogP contribution is -2.27. The standard InChI is InChI=1S/C21H23NO3/c1-22-8-7-15-16-5-3-13(11-23)20(12-24)21(16)17-6-4-14(25-2)9-18(17)19(15)10-22/h3-6,9,23-24H,7-8,10-12H2,1-2H3. The average molecular weight is 337 g/mol. The molecule has 0 radical (unpaired) electrons. The largest absolute Gasteiger partial charge is 0.497 e. The normalized spacial score (nSPS) is 14.9. The molecule has 4 nitrogen and oxygen atoms in total. The van der Waals surface area contributed by atoms with Crippen LogP contribution in [0.3, 0.4) is 0 Å². The van der Waals surface area contributed by atoms with E-state index in [9.17, 15) is 10.2 Å². The van der Waals surface area contributed by atoms with Gasteiger partial charge in [0.05, 0.1) is 20.3 Å². The molecule has 0 atom stereocenters. The third kappa shape index (κ3) is 2.49. The van der Waals surface area contributed by atoms with Gasteiger partial charge in [0.15, 0.2) is 0 Å². The van der Waals surface area contributed by atoms with E-state index in [-0.39, 0.29) is 13.2 Å². The number of fused-ring (bicyclic) bond motifs is 6. The number of benzene rings is 3.